The van der Waals surface area contributed by atoms with Crippen molar-refractivity contribution in [1.29, 1.82) is 0 Å². The first-order valence-corrected chi connectivity index (χ1v) is 11.1. The fourth-order valence-corrected chi connectivity index (χ4v) is 5.19. The lowest BCUT2D eigenvalue weighted by Gasteiger charge is -2.27. The predicted molar refractivity (Wildman–Crippen MR) is 108 cm³/mol. The van der Waals surface area contributed by atoms with Crippen LogP contribution in [0, 0.1) is 5.92 Å². The number of hydrogen-bond acceptors (Lipinski definition) is 5. The zero-order chi connectivity index (χ0) is 17.9. The average Bonchev–Trinajstić information content (AvgIpc) is 3.35. The molecule has 0 atom stereocenters. The van der Waals surface area contributed by atoms with Gasteiger partial charge < -0.3 is 4.42 Å². The Morgan fingerprint density at radius 1 is 1.27 bits per heavy atom. The molecular formula is C20H22N2O2S2. The molecule has 4 rings (SSSR count). The predicted octanol–water partition coefficient (Wildman–Crippen LogP) is 5.72. The first-order chi connectivity index (χ1) is 12.8. The van der Waals surface area contributed by atoms with E-state index in [9.17, 15) is 4.79 Å². The normalized spacial score (nSPS) is 15.4. The second-order valence-electron chi connectivity index (χ2n) is 6.64. The van der Waals surface area contributed by atoms with E-state index in [1.54, 1.807) is 29.4 Å². The number of carbonyl (C=O) groups excluding carboxylic acids is 1. The highest BCUT2D eigenvalue weighted by Crippen LogP contribution is 2.36. The Hall–Kier alpha value is -1.79. The Kier molecular flexibility index (Phi) is 5.31. The number of thioether (sulfide) groups is 1. The minimum Gasteiger partial charge on any atom is -0.467 e. The second kappa shape index (κ2) is 7.84. The monoisotopic (exact) mass is 386 g/mol. The van der Waals surface area contributed by atoms with Gasteiger partial charge in [-0.05, 0) is 43.4 Å². The van der Waals surface area contributed by atoms with Crippen molar-refractivity contribution in [3.8, 4) is 0 Å². The van der Waals surface area contributed by atoms with Crippen LogP contribution in [0.3, 0.4) is 0 Å². The van der Waals surface area contributed by atoms with E-state index in [0.29, 0.717) is 6.54 Å². The van der Waals surface area contributed by atoms with Gasteiger partial charge >= 0.3 is 0 Å². The number of thiazole rings is 1. The van der Waals surface area contributed by atoms with Gasteiger partial charge in [0.2, 0.25) is 5.91 Å². The van der Waals surface area contributed by atoms with Crippen molar-refractivity contribution < 1.29 is 9.21 Å². The van der Waals surface area contributed by atoms with Crippen LogP contribution in [-0.4, -0.2) is 17.1 Å². The zero-order valence-corrected chi connectivity index (χ0v) is 16.4. The van der Waals surface area contributed by atoms with Crippen LogP contribution in [0.2, 0.25) is 0 Å². The number of hydrogen-bond donors (Lipinski definition) is 0. The van der Waals surface area contributed by atoms with E-state index in [0.717, 1.165) is 51.7 Å². The summed E-state index contributed by atoms with van der Waals surface area (Å²) < 4.78 is 6.64. The van der Waals surface area contributed by atoms with E-state index in [1.807, 2.05) is 17.0 Å². The van der Waals surface area contributed by atoms with E-state index < -0.39 is 0 Å². The van der Waals surface area contributed by atoms with Crippen LogP contribution in [0.15, 0.2) is 45.9 Å². The van der Waals surface area contributed by atoms with Gasteiger partial charge in [0.05, 0.1) is 23.0 Å². The third kappa shape index (κ3) is 3.53. The number of amides is 1. The van der Waals surface area contributed by atoms with E-state index in [4.69, 9.17) is 9.40 Å². The van der Waals surface area contributed by atoms with Gasteiger partial charge in [0.15, 0.2) is 5.13 Å². The van der Waals surface area contributed by atoms with Gasteiger partial charge in [-0.25, -0.2) is 4.98 Å². The summed E-state index contributed by atoms with van der Waals surface area (Å²) in [5.41, 5.74) is 0.987. The van der Waals surface area contributed by atoms with Gasteiger partial charge in [-0.15, -0.1) is 11.8 Å². The van der Waals surface area contributed by atoms with Crippen LogP contribution in [0.5, 0.6) is 0 Å². The molecule has 26 heavy (non-hydrogen) atoms. The SMILES string of the molecule is CSc1cccc2sc(N(Cc3ccco3)C(=O)C3CCCCC3)nc12. The van der Waals surface area contributed by atoms with Crippen LogP contribution < -0.4 is 4.90 Å². The van der Waals surface area contributed by atoms with Crippen molar-refractivity contribution in [2.24, 2.45) is 5.92 Å². The summed E-state index contributed by atoms with van der Waals surface area (Å²) in [7, 11) is 0. The lowest BCUT2D eigenvalue weighted by Crippen LogP contribution is -2.36. The minimum absolute atomic E-state index is 0.103. The number of benzene rings is 1. The molecule has 1 saturated carbocycles. The number of fused-ring (bicyclic) bond motifs is 1. The lowest BCUT2D eigenvalue weighted by molar-refractivity contribution is -0.123. The van der Waals surface area contributed by atoms with Crippen molar-refractivity contribution in [2.75, 3.05) is 11.2 Å². The van der Waals surface area contributed by atoms with Crippen LogP contribution in [-0.2, 0) is 11.3 Å². The van der Waals surface area contributed by atoms with Gasteiger partial charge in [0.1, 0.15) is 5.76 Å². The quantitative estimate of drug-likeness (QED) is 0.526. The lowest BCUT2D eigenvalue weighted by atomic mass is 9.88. The highest BCUT2D eigenvalue weighted by Gasteiger charge is 2.29. The third-order valence-electron chi connectivity index (χ3n) is 4.94. The average molecular weight is 387 g/mol. The Labute approximate surface area is 161 Å². The molecule has 2 aromatic heterocycles. The molecule has 6 heteroatoms. The fraction of sp³-hybridized carbons (Fsp3) is 0.400. The number of rotatable bonds is 5. The highest BCUT2D eigenvalue weighted by atomic mass is 32.2. The molecule has 1 aliphatic rings. The first kappa shape index (κ1) is 17.6. The highest BCUT2D eigenvalue weighted by molar-refractivity contribution is 7.98. The largest absolute Gasteiger partial charge is 0.467 e. The number of anilines is 1. The molecule has 3 aromatic rings. The Morgan fingerprint density at radius 3 is 2.85 bits per heavy atom. The summed E-state index contributed by atoms with van der Waals surface area (Å²) in [4.78, 5) is 21.1. The maximum Gasteiger partial charge on any atom is 0.232 e. The smallest absolute Gasteiger partial charge is 0.232 e. The summed E-state index contributed by atoms with van der Waals surface area (Å²) in [6.45, 7) is 0.441. The van der Waals surface area contributed by atoms with Crippen molar-refractivity contribution >= 4 is 44.4 Å². The van der Waals surface area contributed by atoms with E-state index in [-0.39, 0.29) is 11.8 Å². The molecule has 4 nitrogen and oxygen atoms in total. The second-order valence-corrected chi connectivity index (χ2v) is 8.50. The van der Waals surface area contributed by atoms with Gasteiger partial charge in [0.25, 0.3) is 0 Å². The molecule has 0 radical (unpaired) electrons. The fourth-order valence-electron chi connectivity index (χ4n) is 3.56. The molecule has 0 spiro atoms. The maximum absolute atomic E-state index is 13.3. The van der Waals surface area contributed by atoms with Gasteiger partial charge in [0, 0.05) is 10.8 Å². The van der Waals surface area contributed by atoms with Crippen LogP contribution in [0.25, 0.3) is 10.2 Å². The molecule has 0 aliphatic heterocycles. The third-order valence-corrected chi connectivity index (χ3v) is 6.75. The number of aromatic nitrogens is 1. The Balaban J connectivity index is 1.71. The molecule has 0 unspecified atom stereocenters. The Bertz CT molecular complexity index is 882. The summed E-state index contributed by atoms with van der Waals surface area (Å²) in [5, 5.41) is 0.772. The van der Waals surface area contributed by atoms with Crippen molar-refractivity contribution in [3.05, 3.63) is 42.4 Å². The topological polar surface area (TPSA) is 46.3 Å². The first-order valence-electron chi connectivity index (χ1n) is 9.03. The number of nitrogens with zero attached hydrogens (tertiary/aromatic N) is 2. The van der Waals surface area contributed by atoms with E-state index in [2.05, 4.69) is 24.5 Å². The van der Waals surface area contributed by atoms with Crippen LogP contribution in [0.4, 0.5) is 5.13 Å². The van der Waals surface area contributed by atoms with Gasteiger partial charge in [-0.1, -0.05) is 36.7 Å². The maximum atomic E-state index is 13.3. The summed E-state index contributed by atoms with van der Waals surface area (Å²) in [6, 6.07) is 9.99. The molecule has 2 heterocycles. The molecule has 1 aromatic carbocycles. The van der Waals surface area contributed by atoms with E-state index in [1.165, 1.54) is 6.42 Å². The number of furan rings is 1. The molecule has 136 valence electrons. The summed E-state index contributed by atoms with van der Waals surface area (Å²) in [6.07, 6.45) is 9.19. The van der Waals surface area contributed by atoms with Crippen molar-refractivity contribution in [3.63, 3.8) is 0 Å². The van der Waals surface area contributed by atoms with E-state index >= 15 is 0 Å². The molecule has 0 N–H and O–H groups in total. The molecule has 1 amide bonds. The number of carbonyl (C=O) groups is 1. The molecule has 0 saturated heterocycles. The molecule has 0 bridgehead atoms. The summed E-state index contributed by atoms with van der Waals surface area (Å²) >= 11 is 3.28. The molecule has 1 fully saturated rings. The summed E-state index contributed by atoms with van der Waals surface area (Å²) in [5.74, 6) is 1.08. The van der Waals surface area contributed by atoms with Gasteiger partial charge in [-0.2, -0.15) is 0 Å². The van der Waals surface area contributed by atoms with Crippen LogP contribution >= 0.6 is 23.1 Å². The Morgan fingerprint density at radius 2 is 2.12 bits per heavy atom. The number of para-hydroxylation sites is 1. The zero-order valence-electron chi connectivity index (χ0n) is 14.8. The van der Waals surface area contributed by atoms with Crippen LogP contribution in [0.1, 0.15) is 37.9 Å². The minimum atomic E-state index is 0.103. The van der Waals surface area contributed by atoms with Gasteiger partial charge in [-0.3, -0.25) is 9.69 Å². The molecule has 1 aliphatic carbocycles. The standard InChI is InChI=1S/C20H22N2O2S2/c1-25-16-10-5-11-17-18(16)21-20(26-17)22(13-15-9-6-12-24-15)19(23)14-7-3-2-4-8-14/h5-6,9-12,14H,2-4,7-8,13H2,1H3. The molecular weight excluding hydrogens is 364 g/mol. The van der Waals surface area contributed by atoms with Crippen molar-refractivity contribution in [2.45, 2.75) is 43.5 Å². The van der Waals surface area contributed by atoms with Crippen molar-refractivity contribution in [1.82, 2.24) is 4.98 Å².